The lowest BCUT2D eigenvalue weighted by Crippen LogP contribution is -2.13. The van der Waals surface area contributed by atoms with Crippen molar-refractivity contribution in [2.75, 3.05) is 14.2 Å². The van der Waals surface area contributed by atoms with Gasteiger partial charge in [0.25, 0.3) is 0 Å². The van der Waals surface area contributed by atoms with Crippen LogP contribution in [0, 0.1) is 0 Å². The van der Waals surface area contributed by atoms with Gasteiger partial charge in [-0.05, 0) is 17.7 Å². The number of ether oxygens (including phenoxy) is 2. The number of benzene rings is 2. The molecule has 0 atom stereocenters. The molecule has 2 nitrogen and oxygen atoms in total. The second-order valence-corrected chi connectivity index (χ2v) is 5.38. The smallest absolute Gasteiger partial charge is 0.180 e. The summed E-state index contributed by atoms with van der Waals surface area (Å²) in [5.74, 6) is 1.01. The number of hydrogen-bond acceptors (Lipinski definition) is 4. The van der Waals surface area contributed by atoms with Gasteiger partial charge in [-0.25, -0.2) is 0 Å². The van der Waals surface area contributed by atoms with E-state index in [4.69, 9.17) is 45.5 Å². The van der Waals surface area contributed by atoms with Crippen molar-refractivity contribution >= 4 is 45.8 Å². The number of hydrogen-bond donors (Lipinski definition) is 0. The predicted molar refractivity (Wildman–Crippen MR) is 94.4 cm³/mol. The molecule has 0 fully saturated rings. The number of thiocarbonyl (C=S) groups is 2. The van der Waals surface area contributed by atoms with Gasteiger partial charge < -0.3 is 9.47 Å². The molecular formula is C16H13ClO2S2. The van der Waals surface area contributed by atoms with E-state index in [2.05, 4.69) is 0 Å². The maximum absolute atomic E-state index is 6.37. The highest BCUT2D eigenvalue weighted by Gasteiger charge is 2.18. The SMILES string of the molecule is COc1ccc(C(=S)C(=S)c2ccccc2)c(Cl)c1OC. The summed E-state index contributed by atoms with van der Waals surface area (Å²) in [6.45, 7) is 0. The molecule has 2 aromatic carbocycles. The Morgan fingerprint density at radius 3 is 2.14 bits per heavy atom. The Morgan fingerprint density at radius 1 is 0.905 bits per heavy atom. The highest BCUT2D eigenvalue weighted by Crippen LogP contribution is 2.37. The molecule has 0 aliphatic carbocycles. The van der Waals surface area contributed by atoms with Crippen molar-refractivity contribution in [3.63, 3.8) is 0 Å². The summed E-state index contributed by atoms with van der Waals surface area (Å²) in [4.78, 5) is 1.10. The number of methoxy groups -OCH3 is 2. The molecule has 0 aliphatic heterocycles. The third-order valence-corrected chi connectivity index (χ3v) is 4.34. The van der Waals surface area contributed by atoms with Crippen LogP contribution in [0.15, 0.2) is 42.5 Å². The normalized spacial score (nSPS) is 10.0. The molecule has 2 rings (SSSR count). The number of halogens is 1. The molecule has 0 heterocycles. The summed E-state index contributed by atoms with van der Waals surface area (Å²) in [5, 5.41) is 0.403. The molecule has 21 heavy (non-hydrogen) atoms. The molecule has 0 amide bonds. The fourth-order valence-corrected chi connectivity index (χ4v) is 2.83. The second-order valence-electron chi connectivity index (χ2n) is 4.19. The van der Waals surface area contributed by atoms with Gasteiger partial charge in [0.15, 0.2) is 11.5 Å². The quantitative estimate of drug-likeness (QED) is 0.591. The van der Waals surface area contributed by atoms with Crippen molar-refractivity contribution in [1.82, 2.24) is 0 Å². The molecule has 0 spiro atoms. The zero-order chi connectivity index (χ0) is 15.4. The fraction of sp³-hybridized carbons (Fsp3) is 0.125. The van der Waals surface area contributed by atoms with E-state index in [1.165, 1.54) is 7.11 Å². The first-order valence-electron chi connectivity index (χ1n) is 6.14. The molecule has 108 valence electrons. The van der Waals surface area contributed by atoms with Gasteiger partial charge in [-0.15, -0.1) is 0 Å². The number of rotatable bonds is 5. The molecule has 0 unspecified atom stereocenters. The Morgan fingerprint density at radius 2 is 1.57 bits per heavy atom. The van der Waals surface area contributed by atoms with Crippen LogP contribution in [0.4, 0.5) is 0 Å². The molecule has 2 aromatic rings. The molecule has 0 radical (unpaired) electrons. The highest BCUT2D eigenvalue weighted by atomic mass is 35.5. The van der Waals surface area contributed by atoms with E-state index in [0.717, 1.165) is 5.56 Å². The summed E-state index contributed by atoms with van der Waals surface area (Å²) < 4.78 is 10.5. The van der Waals surface area contributed by atoms with Gasteiger partial charge in [0.2, 0.25) is 0 Å². The first-order chi connectivity index (χ1) is 10.1. The van der Waals surface area contributed by atoms with Crippen LogP contribution in [0.25, 0.3) is 0 Å². The Hall–Kier alpha value is -1.49. The van der Waals surface area contributed by atoms with Crippen LogP contribution >= 0.6 is 36.0 Å². The summed E-state index contributed by atoms with van der Waals surface area (Å²) >= 11 is 17.3. The van der Waals surface area contributed by atoms with Gasteiger partial charge in [-0.2, -0.15) is 0 Å². The lowest BCUT2D eigenvalue weighted by Gasteiger charge is -2.14. The van der Waals surface area contributed by atoms with Gasteiger partial charge in [-0.3, -0.25) is 0 Å². The van der Waals surface area contributed by atoms with E-state index >= 15 is 0 Å². The van der Waals surface area contributed by atoms with E-state index in [9.17, 15) is 0 Å². The van der Waals surface area contributed by atoms with Gasteiger partial charge >= 0.3 is 0 Å². The third kappa shape index (κ3) is 3.23. The zero-order valence-electron chi connectivity index (χ0n) is 11.6. The van der Waals surface area contributed by atoms with E-state index in [1.807, 2.05) is 30.3 Å². The Labute approximate surface area is 139 Å². The van der Waals surface area contributed by atoms with Gasteiger partial charge in [0.05, 0.1) is 29.0 Å². The van der Waals surface area contributed by atoms with Crippen molar-refractivity contribution in [3.8, 4) is 11.5 Å². The van der Waals surface area contributed by atoms with Crippen LogP contribution in [0.3, 0.4) is 0 Å². The topological polar surface area (TPSA) is 18.5 Å². The summed E-state index contributed by atoms with van der Waals surface area (Å²) in [5.41, 5.74) is 1.56. The average Bonchev–Trinajstić information content (AvgIpc) is 2.53. The van der Waals surface area contributed by atoms with Crippen LogP contribution in [-0.4, -0.2) is 23.9 Å². The van der Waals surface area contributed by atoms with E-state index in [-0.39, 0.29) is 0 Å². The molecule has 0 aliphatic rings. The summed E-state index contributed by atoms with van der Waals surface area (Å²) in [6.07, 6.45) is 0. The predicted octanol–water partition coefficient (Wildman–Crippen LogP) is 4.49. The van der Waals surface area contributed by atoms with Crippen molar-refractivity contribution in [2.24, 2.45) is 0 Å². The van der Waals surface area contributed by atoms with Crippen LogP contribution in [0.1, 0.15) is 11.1 Å². The lowest BCUT2D eigenvalue weighted by atomic mass is 10.0. The zero-order valence-corrected chi connectivity index (χ0v) is 13.9. The van der Waals surface area contributed by atoms with E-state index in [1.54, 1.807) is 19.2 Å². The monoisotopic (exact) mass is 336 g/mol. The maximum Gasteiger partial charge on any atom is 0.180 e. The van der Waals surface area contributed by atoms with Gasteiger partial charge in [-0.1, -0.05) is 66.4 Å². The third-order valence-electron chi connectivity index (χ3n) is 2.97. The minimum atomic E-state index is 0.403. The Balaban J connectivity index is 2.43. The molecule has 0 aromatic heterocycles. The van der Waals surface area contributed by atoms with Gasteiger partial charge in [0.1, 0.15) is 0 Å². The first kappa shape index (κ1) is 15.9. The first-order valence-corrected chi connectivity index (χ1v) is 7.34. The van der Waals surface area contributed by atoms with Crippen LogP contribution < -0.4 is 9.47 Å². The fourth-order valence-electron chi connectivity index (χ4n) is 1.91. The minimum absolute atomic E-state index is 0.403. The maximum atomic E-state index is 6.37. The summed E-state index contributed by atoms with van der Waals surface area (Å²) in [7, 11) is 3.09. The van der Waals surface area contributed by atoms with Crippen molar-refractivity contribution in [2.45, 2.75) is 0 Å². The molecule has 0 saturated heterocycles. The molecule has 0 bridgehead atoms. The summed E-state index contributed by atoms with van der Waals surface area (Å²) in [6, 6.07) is 13.2. The van der Waals surface area contributed by atoms with Crippen molar-refractivity contribution in [1.29, 1.82) is 0 Å². The van der Waals surface area contributed by atoms with Crippen LogP contribution in [-0.2, 0) is 0 Å². The lowest BCUT2D eigenvalue weighted by molar-refractivity contribution is 0.355. The molecule has 5 heteroatoms. The van der Waals surface area contributed by atoms with Crippen LogP contribution in [0.5, 0.6) is 11.5 Å². The average molecular weight is 337 g/mol. The Kier molecular flexibility index (Phi) is 5.28. The van der Waals surface area contributed by atoms with Crippen molar-refractivity contribution < 1.29 is 9.47 Å². The van der Waals surface area contributed by atoms with Crippen molar-refractivity contribution in [3.05, 3.63) is 58.6 Å². The van der Waals surface area contributed by atoms with E-state index < -0.39 is 0 Å². The largest absolute Gasteiger partial charge is 0.493 e. The minimum Gasteiger partial charge on any atom is -0.493 e. The van der Waals surface area contributed by atoms with Crippen LogP contribution in [0.2, 0.25) is 5.02 Å². The van der Waals surface area contributed by atoms with Gasteiger partial charge in [0, 0.05) is 5.56 Å². The molecule has 0 saturated carbocycles. The van der Waals surface area contributed by atoms with E-state index in [0.29, 0.717) is 31.8 Å². The standard InChI is InChI=1S/C16H13ClO2S2/c1-18-12-9-8-11(13(17)14(12)19-2)16(21)15(20)10-6-4-3-5-7-10/h3-9H,1-2H3. The Bertz CT molecular complexity index is 684. The highest BCUT2D eigenvalue weighted by molar-refractivity contribution is 7.90. The second kappa shape index (κ2) is 6.98. The molecular weight excluding hydrogens is 324 g/mol. The molecule has 0 N–H and O–H groups in total.